The number of para-hydroxylation sites is 1. The van der Waals surface area contributed by atoms with Crippen LogP contribution in [0.4, 0.5) is 5.69 Å². The van der Waals surface area contributed by atoms with E-state index in [4.69, 9.17) is 21.7 Å². The highest BCUT2D eigenvalue weighted by atomic mass is 32.1. The van der Waals surface area contributed by atoms with Crippen molar-refractivity contribution < 1.29 is 14.3 Å². The predicted molar refractivity (Wildman–Crippen MR) is 117 cm³/mol. The maximum atomic E-state index is 12.5. The number of nitrogens with one attached hydrogen (secondary N) is 2. The largest absolute Gasteiger partial charge is 0.494 e. The van der Waals surface area contributed by atoms with Crippen LogP contribution in [0.3, 0.4) is 0 Å². The Morgan fingerprint density at radius 2 is 1.82 bits per heavy atom. The highest BCUT2D eigenvalue weighted by Gasteiger charge is 2.13. The SMILES string of the molecule is CCCCCCOc1cccc(NC(=S)NC(=O)c2ccccc2OCC)c1. The van der Waals surface area contributed by atoms with Crippen LogP contribution in [0.1, 0.15) is 49.9 Å². The fourth-order valence-electron chi connectivity index (χ4n) is 2.65. The number of hydrogen-bond acceptors (Lipinski definition) is 4. The van der Waals surface area contributed by atoms with Crippen molar-refractivity contribution in [3.05, 3.63) is 54.1 Å². The fourth-order valence-corrected chi connectivity index (χ4v) is 2.86. The molecule has 0 heterocycles. The van der Waals surface area contributed by atoms with Gasteiger partial charge in [0.1, 0.15) is 11.5 Å². The number of carbonyl (C=O) groups excluding carboxylic acids is 1. The van der Waals surface area contributed by atoms with Gasteiger partial charge in [-0.3, -0.25) is 10.1 Å². The average molecular weight is 401 g/mol. The number of ether oxygens (including phenoxy) is 2. The Hall–Kier alpha value is -2.60. The van der Waals surface area contributed by atoms with Gasteiger partial charge in [-0.15, -0.1) is 0 Å². The Bertz CT molecular complexity index is 780. The van der Waals surface area contributed by atoms with E-state index in [1.807, 2.05) is 37.3 Å². The second kappa shape index (κ2) is 12.0. The Balaban J connectivity index is 1.89. The minimum absolute atomic E-state index is 0.219. The molecule has 6 heteroatoms. The van der Waals surface area contributed by atoms with Crippen molar-refractivity contribution in [2.24, 2.45) is 0 Å². The molecule has 0 aromatic heterocycles. The minimum atomic E-state index is -0.315. The molecule has 2 aromatic carbocycles. The van der Waals surface area contributed by atoms with Crippen LogP contribution in [0.25, 0.3) is 0 Å². The molecular formula is C22H28N2O3S. The number of thiocarbonyl (C=S) groups is 1. The van der Waals surface area contributed by atoms with Gasteiger partial charge in [0, 0.05) is 11.8 Å². The quantitative estimate of drug-likeness (QED) is 0.425. The monoisotopic (exact) mass is 400 g/mol. The summed E-state index contributed by atoms with van der Waals surface area (Å²) in [5.41, 5.74) is 1.20. The zero-order chi connectivity index (χ0) is 20.2. The van der Waals surface area contributed by atoms with E-state index in [0.717, 1.165) is 17.9 Å². The first-order valence-electron chi connectivity index (χ1n) is 9.71. The summed E-state index contributed by atoms with van der Waals surface area (Å²) in [6.07, 6.45) is 4.65. The van der Waals surface area contributed by atoms with Crippen LogP contribution in [0.5, 0.6) is 11.5 Å². The van der Waals surface area contributed by atoms with Crippen LogP contribution in [0.15, 0.2) is 48.5 Å². The summed E-state index contributed by atoms with van der Waals surface area (Å²) in [4.78, 5) is 12.5. The number of unbranched alkanes of at least 4 members (excludes halogenated alkanes) is 3. The molecule has 0 atom stereocenters. The van der Waals surface area contributed by atoms with E-state index < -0.39 is 0 Å². The molecule has 2 aromatic rings. The first kappa shape index (κ1) is 21.7. The first-order chi connectivity index (χ1) is 13.6. The molecule has 0 saturated carbocycles. The van der Waals surface area contributed by atoms with Crippen LogP contribution >= 0.6 is 12.2 Å². The van der Waals surface area contributed by atoms with Gasteiger partial charge in [-0.25, -0.2) is 0 Å². The van der Waals surface area contributed by atoms with Gasteiger partial charge in [0.2, 0.25) is 0 Å². The van der Waals surface area contributed by atoms with Gasteiger partial charge in [-0.05, 0) is 49.8 Å². The molecule has 150 valence electrons. The van der Waals surface area contributed by atoms with Gasteiger partial charge >= 0.3 is 0 Å². The van der Waals surface area contributed by atoms with Gasteiger partial charge in [0.25, 0.3) is 5.91 Å². The molecule has 0 aliphatic rings. The van der Waals surface area contributed by atoms with Gasteiger partial charge in [-0.1, -0.05) is 44.4 Å². The summed E-state index contributed by atoms with van der Waals surface area (Å²) >= 11 is 5.27. The van der Waals surface area contributed by atoms with Crippen molar-refractivity contribution in [2.45, 2.75) is 39.5 Å². The molecule has 0 fully saturated rings. The van der Waals surface area contributed by atoms with Crippen molar-refractivity contribution in [2.75, 3.05) is 18.5 Å². The molecule has 2 N–H and O–H groups in total. The van der Waals surface area contributed by atoms with E-state index in [1.165, 1.54) is 19.3 Å². The molecule has 0 bridgehead atoms. The van der Waals surface area contributed by atoms with Gasteiger partial charge < -0.3 is 14.8 Å². The summed E-state index contributed by atoms with van der Waals surface area (Å²) < 4.78 is 11.3. The first-order valence-corrected chi connectivity index (χ1v) is 10.1. The number of hydrogen-bond donors (Lipinski definition) is 2. The van der Waals surface area contributed by atoms with E-state index in [9.17, 15) is 4.79 Å². The molecule has 0 aliphatic heterocycles. The third kappa shape index (κ3) is 7.19. The lowest BCUT2D eigenvalue weighted by molar-refractivity contribution is 0.0974. The van der Waals surface area contributed by atoms with E-state index in [2.05, 4.69) is 17.6 Å². The van der Waals surface area contributed by atoms with Gasteiger partial charge in [0.15, 0.2) is 5.11 Å². The molecule has 0 radical (unpaired) electrons. The van der Waals surface area contributed by atoms with E-state index >= 15 is 0 Å². The summed E-state index contributed by atoms with van der Waals surface area (Å²) in [6.45, 7) is 5.24. The molecule has 2 rings (SSSR count). The number of benzene rings is 2. The number of amides is 1. The second-order valence-corrected chi connectivity index (χ2v) is 6.68. The van der Waals surface area contributed by atoms with Crippen molar-refractivity contribution in [1.29, 1.82) is 0 Å². The van der Waals surface area contributed by atoms with Crippen molar-refractivity contribution in [3.63, 3.8) is 0 Å². The lowest BCUT2D eigenvalue weighted by atomic mass is 10.2. The zero-order valence-corrected chi connectivity index (χ0v) is 17.3. The van der Waals surface area contributed by atoms with E-state index in [1.54, 1.807) is 18.2 Å². The maximum absolute atomic E-state index is 12.5. The molecule has 0 saturated heterocycles. The number of carbonyl (C=O) groups is 1. The second-order valence-electron chi connectivity index (χ2n) is 6.27. The van der Waals surface area contributed by atoms with Crippen LogP contribution in [-0.4, -0.2) is 24.2 Å². The molecule has 0 aliphatic carbocycles. The lowest BCUT2D eigenvalue weighted by Crippen LogP contribution is -2.34. The number of anilines is 1. The molecule has 1 amide bonds. The molecule has 0 unspecified atom stereocenters. The Morgan fingerprint density at radius 3 is 2.61 bits per heavy atom. The molecule has 0 spiro atoms. The summed E-state index contributed by atoms with van der Waals surface area (Å²) in [5, 5.41) is 5.93. The van der Waals surface area contributed by atoms with Crippen LogP contribution in [0, 0.1) is 0 Å². The smallest absolute Gasteiger partial charge is 0.261 e. The van der Waals surface area contributed by atoms with Crippen molar-refractivity contribution in [3.8, 4) is 11.5 Å². The van der Waals surface area contributed by atoms with Gasteiger partial charge in [0.05, 0.1) is 18.8 Å². The van der Waals surface area contributed by atoms with E-state index in [0.29, 0.717) is 24.5 Å². The zero-order valence-electron chi connectivity index (χ0n) is 16.5. The third-order valence-corrected chi connectivity index (χ3v) is 4.22. The maximum Gasteiger partial charge on any atom is 0.261 e. The Kier molecular flexibility index (Phi) is 9.28. The van der Waals surface area contributed by atoms with Gasteiger partial charge in [-0.2, -0.15) is 0 Å². The predicted octanol–water partition coefficient (Wildman–Crippen LogP) is 5.17. The standard InChI is InChI=1S/C22H28N2O3S/c1-3-5-6-9-15-27-18-12-10-11-17(16-18)23-22(28)24-21(25)19-13-7-8-14-20(19)26-4-2/h7-8,10-14,16H,3-6,9,15H2,1-2H3,(H2,23,24,25,28). The summed E-state index contributed by atoms with van der Waals surface area (Å²) in [7, 11) is 0. The summed E-state index contributed by atoms with van der Waals surface area (Å²) in [5.74, 6) is 0.992. The molecular weight excluding hydrogens is 372 g/mol. The van der Waals surface area contributed by atoms with Crippen molar-refractivity contribution in [1.82, 2.24) is 5.32 Å². The Morgan fingerprint density at radius 1 is 1.00 bits per heavy atom. The summed E-state index contributed by atoms with van der Waals surface area (Å²) in [6, 6.07) is 14.6. The third-order valence-electron chi connectivity index (χ3n) is 4.02. The van der Waals surface area contributed by atoms with Crippen LogP contribution < -0.4 is 20.1 Å². The molecule has 5 nitrogen and oxygen atoms in total. The fraction of sp³-hybridized carbons (Fsp3) is 0.364. The minimum Gasteiger partial charge on any atom is -0.494 e. The normalized spacial score (nSPS) is 10.2. The Labute approximate surface area is 172 Å². The topological polar surface area (TPSA) is 59.6 Å². The number of rotatable bonds is 10. The van der Waals surface area contributed by atoms with Crippen LogP contribution in [0.2, 0.25) is 0 Å². The highest BCUT2D eigenvalue weighted by molar-refractivity contribution is 7.80. The molecule has 28 heavy (non-hydrogen) atoms. The average Bonchev–Trinajstić information content (AvgIpc) is 2.68. The van der Waals surface area contributed by atoms with Crippen LogP contribution in [-0.2, 0) is 0 Å². The highest BCUT2D eigenvalue weighted by Crippen LogP contribution is 2.19. The van der Waals surface area contributed by atoms with Crippen molar-refractivity contribution >= 4 is 28.9 Å². The van der Waals surface area contributed by atoms with E-state index in [-0.39, 0.29) is 11.0 Å². The lowest BCUT2D eigenvalue weighted by Gasteiger charge is -2.13.